The molecular weight excluding hydrogens is 392 g/mol. The molecule has 0 unspecified atom stereocenters. The topological polar surface area (TPSA) is 120 Å². The van der Waals surface area contributed by atoms with Crippen LogP contribution in [0.1, 0.15) is 52.7 Å². The lowest BCUT2D eigenvalue weighted by Crippen LogP contribution is -2.28. The van der Waals surface area contributed by atoms with Gasteiger partial charge in [0.05, 0.1) is 0 Å². The van der Waals surface area contributed by atoms with E-state index in [0.717, 1.165) is 62.1 Å². The molecule has 2 aromatic rings. The molecule has 0 aromatic heterocycles. The number of hydrogen-bond donors (Lipinski definition) is 4. The third-order valence-electron chi connectivity index (χ3n) is 5.57. The molecule has 31 heavy (non-hydrogen) atoms. The van der Waals surface area contributed by atoms with Crippen LogP contribution in [0, 0.1) is 5.41 Å². The maximum absolute atomic E-state index is 12.9. The Morgan fingerprint density at radius 1 is 1.06 bits per heavy atom. The quantitative estimate of drug-likeness (QED) is 0.266. The van der Waals surface area contributed by atoms with Gasteiger partial charge in [-0.05, 0) is 73.6 Å². The lowest BCUT2D eigenvalue weighted by molar-refractivity contribution is -0.136. The van der Waals surface area contributed by atoms with Gasteiger partial charge in [0.15, 0.2) is 0 Å². The Bertz CT molecular complexity index is 934. The minimum atomic E-state index is -0.857. The van der Waals surface area contributed by atoms with E-state index in [2.05, 4.69) is 5.32 Å². The SMILES string of the molecule is N=C(N)c1ccc(NCCCc2ccc(C(=O)N3CCCC3)c(CCC(=O)O)c2)cc1. The number of hydrogen-bond acceptors (Lipinski definition) is 4. The van der Waals surface area contributed by atoms with Gasteiger partial charge in [0.2, 0.25) is 0 Å². The number of aryl methyl sites for hydroxylation is 2. The molecule has 1 aliphatic rings. The molecule has 7 heteroatoms. The highest BCUT2D eigenvalue weighted by atomic mass is 16.4. The Hall–Kier alpha value is -3.35. The summed E-state index contributed by atoms with van der Waals surface area (Å²) in [4.78, 5) is 25.8. The minimum absolute atomic E-state index is 0.0140. The van der Waals surface area contributed by atoms with Gasteiger partial charge >= 0.3 is 5.97 Å². The summed E-state index contributed by atoms with van der Waals surface area (Å²) >= 11 is 0. The van der Waals surface area contributed by atoms with Gasteiger partial charge in [-0.25, -0.2) is 0 Å². The van der Waals surface area contributed by atoms with Crippen molar-refractivity contribution in [3.63, 3.8) is 0 Å². The number of nitrogens with two attached hydrogens (primary N) is 1. The van der Waals surface area contributed by atoms with Gasteiger partial charge in [-0.2, -0.15) is 0 Å². The monoisotopic (exact) mass is 422 g/mol. The summed E-state index contributed by atoms with van der Waals surface area (Å²) in [6.45, 7) is 2.33. The first kappa shape index (κ1) is 22.3. The summed E-state index contributed by atoms with van der Waals surface area (Å²) in [5.41, 5.74) is 9.70. The highest BCUT2D eigenvalue weighted by Gasteiger charge is 2.22. The molecule has 1 heterocycles. The maximum atomic E-state index is 12.9. The molecule has 7 nitrogen and oxygen atoms in total. The number of amidine groups is 1. The molecule has 1 fully saturated rings. The fraction of sp³-hybridized carbons (Fsp3) is 0.375. The Labute approximate surface area is 182 Å². The third-order valence-corrected chi connectivity index (χ3v) is 5.57. The second kappa shape index (κ2) is 10.6. The number of carboxylic acid groups (broad SMARTS) is 1. The maximum Gasteiger partial charge on any atom is 0.303 e. The van der Waals surface area contributed by atoms with Gasteiger partial charge in [-0.1, -0.05) is 12.1 Å². The first-order valence-corrected chi connectivity index (χ1v) is 10.8. The van der Waals surface area contributed by atoms with E-state index in [-0.39, 0.29) is 18.2 Å². The Morgan fingerprint density at radius 3 is 2.42 bits per heavy atom. The van der Waals surface area contributed by atoms with Gasteiger partial charge in [-0.15, -0.1) is 0 Å². The minimum Gasteiger partial charge on any atom is -0.481 e. The lowest BCUT2D eigenvalue weighted by Gasteiger charge is -2.18. The van der Waals surface area contributed by atoms with Crippen LogP contribution in [-0.2, 0) is 17.6 Å². The van der Waals surface area contributed by atoms with Gasteiger partial charge in [0.1, 0.15) is 5.84 Å². The van der Waals surface area contributed by atoms with Gasteiger partial charge in [0, 0.05) is 42.9 Å². The lowest BCUT2D eigenvalue weighted by atomic mass is 9.97. The van der Waals surface area contributed by atoms with Crippen LogP contribution in [0.4, 0.5) is 5.69 Å². The smallest absolute Gasteiger partial charge is 0.303 e. The van der Waals surface area contributed by atoms with Crippen molar-refractivity contribution < 1.29 is 14.7 Å². The van der Waals surface area contributed by atoms with Crippen LogP contribution in [0.25, 0.3) is 0 Å². The zero-order valence-corrected chi connectivity index (χ0v) is 17.7. The largest absolute Gasteiger partial charge is 0.481 e. The van der Waals surface area contributed by atoms with Crippen molar-refractivity contribution in [2.45, 2.75) is 38.5 Å². The highest BCUT2D eigenvalue weighted by Crippen LogP contribution is 2.20. The summed E-state index contributed by atoms with van der Waals surface area (Å²) < 4.78 is 0. The molecule has 2 aromatic carbocycles. The van der Waals surface area contributed by atoms with E-state index in [1.165, 1.54) is 0 Å². The zero-order chi connectivity index (χ0) is 22.2. The fourth-order valence-corrected chi connectivity index (χ4v) is 3.84. The first-order valence-electron chi connectivity index (χ1n) is 10.8. The van der Waals surface area contributed by atoms with Crippen molar-refractivity contribution in [3.05, 3.63) is 64.7 Å². The zero-order valence-electron chi connectivity index (χ0n) is 17.7. The van der Waals surface area contributed by atoms with Crippen LogP contribution in [0.5, 0.6) is 0 Å². The molecule has 1 amide bonds. The van der Waals surface area contributed by atoms with Crippen LogP contribution < -0.4 is 11.1 Å². The van der Waals surface area contributed by atoms with E-state index in [9.17, 15) is 9.59 Å². The average Bonchev–Trinajstić information content (AvgIpc) is 3.30. The van der Waals surface area contributed by atoms with E-state index in [4.69, 9.17) is 16.2 Å². The number of carbonyl (C=O) groups excluding carboxylic acids is 1. The number of aliphatic carboxylic acids is 1. The summed E-state index contributed by atoms with van der Waals surface area (Å²) in [5.74, 6) is -0.790. The molecule has 0 aliphatic carbocycles. The number of nitrogen functional groups attached to an aromatic ring is 1. The number of carboxylic acids is 1. The molecule has 0 saturated carbocycles. The van der Waals surface area contributed by atoms with Gasteiger partial charge in [-0.3, -0.25) is 15.0 Å². The summed E-state index contributed by atoms with van der Waals surface area (Å²) in [5, 5.41) is 19.9. The molecule has 164 valence electrons. The number of nitrogens with one attached hydrogen (secondary N) is 2. The van der Waals surface area contributed by atoms with Crippen LogP contribution in [0.3, 0.4) is 0 Å². The Kier molecular flexibility index (Phi) is 7.65. The number of likely N-dealkylation sites (tertiary alicyclic amines) is 1. The molecule has 3 rings (SSSR count). The molecular formula is C24H30N4O3. The van der Waals surface area contributed by atoms with E-state index in [0.29, 0.717) is 17.5 Å². The van der Waals surface area contributed by atoms with E-state index >= 15 is 0 Å². The Morgan fingerprint density at radius 2 is 1.77 bits per heavy atom. The molecule has 0 bridgehead atoms. The number of carbonyl (C=O) groups is 2. The number of anilines is 1. The molecule has 0 atom stereocenters. The standard InChI is InChI=1S/C24H30N4O3/c25-23(26)18-6-9-20(10-7-18)27-13-3-4-17-5-11-21(19(16-17)8-12-22(29)30)24(31)28-14-1-2-15-28/h5-7,9-11,16,27H,1-4,8,12-15H2,(H3,25,26)(H,29,30). The normalized spacial score (nSPS) is 13.2. The van der Waals surface area contributed by atoms with E-state index < -0.39 is 5.97 Å². The number of benzene rings is 2. The predicted molar refractivity (Wildman–Crippen MR) is 122 cm³/mol. The van der Waals surface area contributed by atoms with E-state index in [1.54, 1.807) is 0 Å². The van der Waals surface area contributed by atoms with Gasteiger partial charge in [0.25, 0.3) is 5.91 Å². The summed E-state index contributed by atoms with van der Waals surface area (Å²) in [6.07, 6.45) is 4.15. The van der Waals surface area contributed by atoms with Gasteiger partial charge < -0.3 is 21.1 Å². The summed E-state index contributed by atoms with van der Waals surface area (Å²) in [6, 6.07) is 13.3. The van der Waals surface area contributed by atoms with Crippen molar-refractivity contribution in [1.82, 2.24) is 4.90 Å². The van der Waals surface area contributed by atoms with Crippen LogP contribution >= 0.6 is 0 Å². The first-order chi connectivity index (χ1) is 14.9. The molecule has 5 N–H and O–H groups in total. The molecule has 1 aliphatic heterocycles. The second-order valence-corrected chi connectivity index (χ2v) is 7.91. The van der Waals surface area contributed by atoms with Crippen LogP contribution in [0.15, 0.2) is 42.5 Å². The molecule has 0 spiro atoms. The summed E-state index contributed by atoms with van der Waals surface area (Å²) in [7, 11) is 0. The third kappa shape index (κ3) is 6.31. The highest BCUT2D eigenvalue weighted by molar-refractivity contribution is 5.96. The molecule has 1 saturated heterocycles. The predicted octanol–water partition coefficient (Wildman–Crippen LogP) is 3.27. The van der Waals surface area contributed by atoms with Crippen molar-refractivity contribution in [2.75, 3.05) is 25.0 Å². The van der Waals surface area contributed by atoms with Crippen molar-refractivity contribution in [1.29, 1.82) is 5.41 Å². The second-order valence-electron chi connectivity index (χ2n) is 7.91. The number of amides is 1. The van der Waals surface area contributed by atoms with Crippen LogP contribution in [-0.4, -0.2) is 47.4 Å². The average molecular weight is 423 g/mol. The molecule has 0 radical (unpaired) electrons. The van der Waals surface area contributed by atoms with E-state index in [1.807, 2.05) is 47.4 Å². The van der Waals surface area contributed by atoms with Crippen molar-refractivity contribution in [2.24, 2.45) is 5.73 Å². The number of nitrogens with zero attached hydrogens (tertiary/aromatic N) is 1. The Balaban J connectivity index is 1.59. The van der Waals surface area contributed by atoms with Crippen molar-refractivity contribution >= 4 is 23.4 Å². The fourth-order valence-electron chi connectivity index (χ4n) is 3.84. The van der Waals surface area contributed by atoms with Crippen LogP contribution in [0.2, 0.25) is 0 Å². The number of rotatable bonds is 10. The van der Waals surface area contributed by atoms with Crippen molar-refractivity contribution in [3.8, 4) is 0 Å².